The molecule has 5 radical (unpaired) electrons. The van der Waals surface area contributed by atoms with E-state index in [1.807, 2.05) is 0 Å². The first-order valence-corrected chi connectivity index (χ1v) is 19.6. The molecule has 8 N–H and O–H groups in total. The maximum absolute atomic E-state index is 12.4. The molecule has 58 heavy (non-hydrogen) atoms. The third kappa shape index (κ3) is 14.0. The summed E-state index contributed by atoms with van der Waals surface area (Å²) in [7, 11) is -20.1. The van der Waals surface area contributed by atoms with Gasteiger partial charge in [0, 0.05) is 153 Å². The Labute approximate surface area is 443 Å². The molecule has 5 aromatic rings. The number of fused-ring (bicyclic) bond motifs is 1. The number of nitrogens with zero attached hydrogens (tertiary/aromatic N) is 5. The maximum Gasteiger partial charge on any atom is 0.337 e. The molecule has 5 rings (SSSR count). The number of nitrogens with one attached hydrogen (secondary N) is 2. The average Bonchev–Trinajstić information content (AvgIpc) is 3.02. The van der Waals surface area contributed by atoms with Gasteiger partial charge in [-0.15, -0.1) is 10.2 Å². The summed E-state index contributed by atoms with van der Waals surface area (Å²) in [6.45, 7) is 0. The third-order valence-corrected chi connectivity index (χ3v) is 10.3. The van der Waals surface area contributed by atoms with Crippen molar-refractivity contribution in [2.75, 3.05) is 10.6 Å². The van der Waals surface area contributed by atoms with Gasteiger partial charge in [0.05, 0.1) is 26.7 Å². The summed E-state index contributed by atoms with van der Waals surface area (Å²) in [4.78, 5) is 19.7. The number of phenolic OH excluding ortho intramolecular Hbond substituents is 1. The van der Waals surface area contributed by atoms with Crippen LogP contribution in [0.2, 0.25) is 5.28 Å². The number of carboxylic acid groups (broad SMARTS) is 1. The van der Waals surface area contributed by atoms with Crippen molar-refractivity contribution >= 4 is 251 Å². The first-order valence-electron chi connectivity index (χ1n) is 13.5. The summed E-state index contributed by atoms with van der Waals surface area (Å²) in [5.74, 6) is -3.90. The van der Waals surface area contributed by atoms with E-state index < -0.39 is 122 Å². The van der Waals surface area contributed by atoms with E-state index in [1.54, 1.807) is 0 Å². The van der Waals surface area contributed by atoms with Crippen molar-refractivity contribution in [3.05, 3.63) is 71.5 Å². The van der Waals surface area contributed by atoms with Crippen LogP contribution in [0.5, 0.6) is 5.75 Å². The van der Waals surface area contributed by atoms with Crippen LogP contribution in [0.15, 0.2) is 90.5 Å². The number of halogens is 1. The fraction of sp³-hybridized carbons (Fsp3) is 0. The topological polar surface area (TPSA) is 362 Å². The zero-order chi connectivity index (χ0) is 39.3. The van der Waals surface area contributed by atoms with Crippen LogP contribution in [-0.2, 0) is 40.5 Å². The molecule has 1 heterocycles. The molecule has 0 aliphatic carbocycles. The first kappa shape index (κ1) is 57.5. The number of aromatic hydroxyl groups is 1. The van der Waals surface area contributed by atoms with Crippen molar-refractivity contribution in [2.45, 2.75) is 19.6 Å². The molecule has 32 heteroatoms. The molecule has 4 aromatic carbocycles. The minimum Gasteiger partial charge on any atom is -0.505 e. The molecule has 0 aliphatic rings. The van der Waals surface area contributed by atoms with Crippen LogP contribution in [0.4, 0.5) is 34.6 Å². The minimum absolute atomic E-state index is 0. The quantitative estimate of drug-likeness (QED) is 0.0533. The largest absolute Gasteiger partial charge is 0.505 e. The molecule has 22 nitrogen and oxygen atoms in total. The fourth-order valence-electron chi connectivity index (χ4n) is 4.53. The van der Waals surface area contributed by atoms with Crippen LogP contribution in [0.3, 0.4) is 0 Å². The summed E-state index contributed by atoms with van der Waals surface area (Å²) in [5, 5.41) is 31.5. The smallest absolute Gasteiger partial charge is 0.337 e. The number of carboxylic acids is 1. The van der Waals surface area contributed by atoms with Gasteiger partial charge < -0.3 is 20.8 Å². The Morgan fingerprint density at radius 2 is 1.16 bits per heavy atom. The van der Waals surface area contributed by atoms with Gasteiger partial charge in [0.2, 0.25) is 17.2 Å². The maximum atomic E-state index is 12.4. The Morgan fingerprint density at radius 1 is 0.621 bits per heavy atom. The Balaban J connectivity index is 0.00000650. The van der Waals surface area contributed by atoms with Gasteiger partial charge >= 0.3 is 5.97 Å². The number of hydrogen-bond donors (Lipinski definition) is 8. The molecule has 0 fully saturated rings. The molecule has 0 saturated heterocycles. The predicted molar refractivity (Wildman–Crippen MR) is 209 cm³/mol. The number of azo groups is 1. The van der Waals surface area contributed by atoms with Crippen LogP contribution in [-0.4, -0.2) is 231 Å². The molecule has 0 bridgehead atoms. The monoisotopic (exact) mass is 946 g/mol. The summed E-state index contributed by atoms with van der Waals surface area (Å²) in [5.41, 5.74) is -3.11. The molecule has 0 spiro atoms. The summed E-state index contributed by atoms with van der Waals surface area (Å²) >= 11 is 6.03. The van der Waals surface area contributed by atoms with E-state index in [0.717, 1.165) is 24.3 Å². The molecular formula is C26H18ClN7Na5O15S4. The van der Waals surface area contributed by atoms with Gasteiger partial charge in [-0.2, -0.15) is 48.6 Å². The number of hydrogen-bond acceptors (Lipinski definition) is 17. The second-order valence-corrected chi connectivity index (χ2v) is 16.2. The normalized spacial score (nSPS) is 11.5. The van der Waals surface area contributed by atoms with Crippen LogP contribution in [0, 0.1) is 0 Å². The Hall–Kier alpha value is -0.450. The van der Waals surface area contributed by atoms with E-state index in [1.165, 1.54) is 12.1 Å². The first-order chi connectivity index (χ1) is 24.4. The predicted octanol–water partition coefficient (Wildman–Crippen LogP) is 2.07. The molecule has 0 aliphatic heterocycles. The molecular weight excluding hydrogens is 929 g/mol. The number of rotatable bonds is 11. The van der Waals surface area contributed by atoms with E-state index in [0.29, 0.717) is 24.3 Å². The zero-order valence-corrected chi connectivity index (χ0v) is 44.4. The van der Waals surface area contributed by atoms with E-state index in [9.17, 15) is 66.9 Å². The van der Waals surface area contributed by atoms with Gasteiger partial charge in [-0.05, 0) is 65.5 Å². The second-order valence-electron chi connectivity index (χ2n) is 10.2. The summed E-state index contributed by atoms with van der Waals surface area (Å²) in [6.07, 6.45) is 0. The van der Waals surface area contributed by atoms with Crippen molar-refractivity contribution in [1.29, 1.82) is 0 Å². The Bertz CT molecular complexity index is 2880. The van der Waals surface area contributed by atoms with E-state index >= 15 is 0 Å². The number of anilines is 4. The van der Waals surface area contributed by atoms with Crippen molar-refractivity contribution in [2.24, 2.45) is 10.2 Å². The van der Waals surface area contributed by atoms with Crippen LogP contribution < -0.4 is 10.6 Å². The minimum atomic E-state index is -5.33. The Morgan fingerprint density at radius 3 is 1.67 bits per heavy atom. The summed E-state index contributed by atoms with van der Waals surface area (Å²) in [6, 6.07) is 8.87. The molecule has 283 valence electrons. The van der Waals surface area contributed by atoms with Crippen LogP contribution in [0.25, 0.3) is 10.8 Å². The Kier molecular flexibility index (Phi) is 22.1. The number of benzene rings is 4. The molecule has 1 aromatic heterocycles. The number of aromatic carboxylic acids is 1. The van der Waals surface area contributed by atoms with Crippen molar-refractivity contribution < 1.29 is 66.9 Å². The van der Waals surface area contributed by atoms with E-state index in [4.69, 9.17) is 11.6 Å². The van der Waals surface area contributed by atoms with Crippen molar-refractivity contribution in [1.82, 2.24) is 15.0 Å². The summed E-state index contributed by atoms with van der Waals surface area (Å²) < 4.78 is 134. The third-order valence-electron chi connectivity index (χ3n) is 6.72. The standard InChI is InChI=1S/C26H18ClN7O15S4.5Na/c27-24-30-25(28-15-6-5-12(50(38,39)40)9-14(15)23(36)37)32-26(31-24)29-17-10-13(51(41,42)43)7-11-8-19(53(47,48)49)21(22(35)20(11)17)34-33-16-3-1-2-4-18(16)52(44,45)46;;;;;/h1-10,35H,(H,36,37)(H,38,39,40)(H,41,42,43)(H,44,45,46)(H,47,48,49)(H2,28,29,30,31,32);;;;;. The van der Waals surface area contributed by atoms with E-state index in [2.05, 4.69) is 35.8 Å². The molecule has 0 amide bonds. The zero-order valence-electron chi connectivity index (χ0n) is 30.4. The number of carbonyl (C=O) groups is 1. The molecule has 0 atom stereocenters. The molecule has 0 saturated carbocycles. The second kappa shape index (κ2) is 22.3. The van der Waals surface area contributed by atoms with Crippen LogP contribution in [0.1, 0.15) is 10.4 Å². The van der Waals surface area contributed by atoms with Gasteiger partial charge in [-0.1, -0.05) is 12.1 Å². The van der Waals surface area contributed by atoms with Gasteiger partial charge in [-0.25, -0.2) is 4.79 Å². The number of phenols is 1. The van der Waals surface area contributed by atoms with Crippen LogP contribution >= 0.6 is 11.6 Å². The fourth-order valence-corrected chi connectivity index (χ4v) is 7.03. The van der Waals surface area contributed by atoms with Crippen molar-refractivity contribution in [3.8, 4) is 5.75 Å². The van der Waals surface area contributed by atoms with Crippen molar-refractivity contribution in [3.63, 3.8) is 0 Å². The molecule has 0 unspecified atom stereocenters. The van der Waals surface area contributed by atoms with Gasteiger partial charge in [0.15, 0.2) is 5.75 Å². The average molecular weight is 947 g/mol. The van der Waals surface area contributed by atoms with Gasteiger partial charge in [0.25, 0.3) is 40.5 Å². The SMILES string of the molecule is O=C(O)c1cc(S(=O)(=O)O)ccc1Nc1nc(Cl)nc(Nc2cc(S(=O)(=O)O)cc3cc(S(=O)(=O)O)c(N=Nc4ccccc4S(=O)(=O)O)c(O)c23)n1.[Na].[Na].[Na].[Na].[Na]. The van der Waals surface area contributed by atoms with Gasteiger partial charge in [0.1, 0.15) is 21.2 Å². The number of aromatic nitrogens is 3. The van der Waals surface area contributed by atoms with E-state index in [-0.39, 0.29) is 153 Å². The van der Waals surface area contributed by atoms with Gasteiger partial charge in [-0.3, -0.25) is 18.2 Å².